The van der Waals surface area contributed by atoms with Gasteiger partial charge >= 0.3 is 0 Å². The van der Waals surface area contributed by atoms with Crippen molar-refractivity contribution in [1.82, 2.24) is 10.0 Å². The van der Waals surface area contributed by atoms with Crippen LogP contribution < -0.4 is 10.0 Å². The molecule has 1 aliphatic rings. The molecule has 2 aromatic rings. The van der Waals surface area contributed by atoms with E-state index in [0.717, 1.165) is 12.8 Å². The molecule has 0 heterocycles. The van der Waals surface area contributed by atoms with Gasteiger partial charge in [0.1, 0.15) is 11.6 Å². The van der Waals surface area contributed by atoms with Crippen LogP contribution >= 0.6 is 0 Å². The molecular formula is C22H23F2N3O3S. The van der Waals surface area contributed by atoms with Crippen molar-refractivity contribution in [2.75, 3.05) is 13.1 Å². The molecule has 0 unspecified atom stereocenters. The maximum absolute atomic E-state index is 14.4. The molecule has 1 saturated carbocycles. The number of nitrogens with one attached hydrogen (secondary N) is 2. The van der Waals surface area contributed by atoms with Crippen molar-refractivity contribution >= 4 is 15.9 Å². The van der Waals surface area contributed by atoms with Crippen LogP contribution in [0.5, 0.6) is 0 Å². The van der Waals surface area contributed by atoms with Gasteiger partial charge in [-0.25, -0.2) is 21.9 Å². The van der Waals surface area contributed by atoms with E-state index in [1.54, 1.807) is 0 Å². The van der Waals surface area contributed by atoms with Crippen molar-refractivity contribution in [3.63, 3.8) is 0 Å². The Bertz CT molecular complexity index is 1070. The highest BCUT2D eigenvalue weighted by Crippen LogP contribution is 2.42. The number of hydrogen-bond donors (Lipinski definition) is 2. The molecule has 6 nitrogen and oxygen atoms in total. The summed E-state index contributed by atoms with van der Waals surface area (Å²) in [7, 11) is -3.77. The molecule has 0 bridgehead atoms. The Labute approximate surface area is 180 Å². The Morgan fingerprint density at radius 3 is 2.26 bits per heavy atom. The summed E-state index contributed by atoms with van der Waals surface area (Å²) < 4.78 is 55.5. The van der Waals surface area contributed by atoms with Crippen molar-refractivity contribution in [1.29, 1.82) is 5.26 Å². The van der Waals surface area contributed by atoms with Gasteiger partial charge < -0.3 is 5.32 Å². The second kappa shape index (κ2) is 9.54. The average Bonchev–Trinajstić information content (AvgIpc) is 3.22. The van der Waals surface area contributed by atoms with Crippen LogP contribution in [-0.4, -0.2) is 27.4 Å². The molecule has 1 fully saturated rings. The third-order valence-electron chi connectivity index (χ3n) is 5.60. The van der Waals surface area contributed by atoms with Crippen molar-refractivity contribution in [2.45, 2.75) is 42.4 Å². The van der Waals surface area contributed by atoms with E-state index in [1.165, 1.54) is 42.5 Å². The highest BCUT2D eigenvalue weighted by Gasteiger charge is 2.40. The molecule has 31 heavy (non-hydrogen) atoms. The van der Waals surface area contributed by atoms with Gasteiger partial charge in [0.15, 0.2) is 0 Å². The molecule has 2 aromatic carbocycles. The van der Waals surface area contributed by atoms with E-state index >= 15 is 0 Å². The van der Waals surface area contributed by atoms with Crippen LogP contribution in [0, 0.1) is 23.0 Å². The minimum Gasteiger partial charge on any atom is -0.351 e. The van der Waals surface area contributed by atoms with Crippen LogP contribution in [0.4, 0.5) is 8.78 Å². The highest BCUT2D eigenvalue weighted by molar-refractivity contribution is 7.89. The first-order chi connectivity index (χ1) is 14.8. The van der Waals surface area contributed by atoms with E-state index in [0.29, 0.717) is 12.8 Å². The Balaban J connectivity index is 1.72. The van der Waals surface area contributed by atoms with Crippen molar-refractivity contribution < 1.29 is 22.0 Å². The number of sulfonamides is 1. The van der Waals surface area contributed by atoms with Crippen LogP contribution in [0.15, 0.2) is 47.4 Å². The molecule has 1 amide bonds. The predicted octanol–water partition coefficient (Wildman–Crippen LogP) is 3.40. The number of carbonyl (C=O) groups is 1. The number of carbonyl (C=O) groups excluding carboxylic acids is 1. The average molecular weight is 448 g/mol. The fourth-order valence-corrected chi connectivity index (χ4v) is 5.06. The van der Waals surface area contributed by atoms with Crippen molar-refractivity contribution in [3.8, 4) is 6.07 Å². The number of rotatable bonds is 8. The summed E-state index contributed by atoms with van der Waals surface area (Å²) in [5, 5.41) is 11.3. The van der Waals surface area contributed by atoms with Crippen LogP contribution in [0.2, 0.25) is 0 Å². The molecule has 9 heteroatoms. The molecule has 2 N–H and O–H groups in total. The van der Waals surface area contributed by atoms with E-state index < -0.39 is 33.0 Å². The second-order valence-corrected chi connectivity index (χ2v) is 9.36. The van der Waals surface area contributed by atoms with Gasteiger partial charge in [0.05, 0.1) is 11.0 Å². The highest BCUT2D eigenvalue weighted by atomic mass is 32.2. The minimum absolute atomic E-state index is 0.00421. The summed E-state index contributed by atoms with van der Waals surface area (Å²) in [6, 6.07) is 11.0. The van der Waals surface area contributed by atoms with Crippen molar-refractivity contribution in [2.24, 2.45) is 0 Å². The van der Waals surface area contributed by atoms with Gasteiger partial charge in [-0.1, -0.05) is 18.9 Å². The zero-order chi connectivity index (χ0) is 22.5. The quantitative estimate of drug-likeness (QED) is 0.606. The van der Waals surface area contributed by atoms with Gasteiger partial charge in [0, 0.05) is 36.1 Å². The fourth-order valence-electron chi connectivity index (χ4n) is 4.03. The zero-order valence-corrected chi connectivity index (χ0v) is 17.6. The van der Waals surface area contributed by atoms with Crippen LogP contribution in [0.25, 0.3) is 0 Å². The topological polar surface area (TPSA) is 99.1 Å². The van der Waals surface area contributed by atoms with E-state index in [1.807, 2.05) is 6.07 Å². The molecule has 0 atom stereocenters. The monoisotopic (exact) mass is 447 g/mol. The van der Waals surface area contributed by atoms with E-state index in [9.17, 15) is 22.0 Å². The summed E-state index contributed by atoms with van der Waals surface area (Å²) in [6.45, 7) is 0.0786. The number of hydrogen-bond acceptors (Lipinski definition) is 4. The first-order valence-corrected chi connectivity index (χ1v) is 11.5. The molecule has 0 radical (unpaired) electrons. The molecule has 0 aliphatic heterocycles. The molecule has 0 spiro atoms. The smallest absolute Gasteiger partial charge is 0.251 e. The molecule has 3 rings (SSSR count). The number of amides is 1. The van der Waals surface area contributed by atoms with Gasteiger partial charge in [0.25, 0.3) is 5.91 Å². The first kappa shape index (κ1) is 22.8. The molecule has 0 aromatic heterocycles. The maximum atomic E-state index is 14.4. The zero-order valence-electron chi connectivity index (χ0n) is 16.8. The van der Waals surface area contributed by atoms with E-state index in [-0.39, 0.29) is 35.5 Å². The summed E-state index contributed by atoms with van der Waals surface area (Å²) >= 11 is 0. The van der Waals surface area contributed by atoms with Crippen LogP contribution in [-0.2, 0) is 15.4 Å². The van der Waals surface area contributed by atoms with Gasteiger partial charge in [-0.15, -0.1) is 0 Å². The Hall–Kier alpha value is -2.83. The Morgan fingerprint density at radius 1 is 1.06 bits per heavy atom. The summed E-state index contributed by atoms with van der Waals surface area (Å²) in [5.74, 6) is -1.69. The molecule has 164 valence electrons. The van der Waals surface area contributed by atoms with Gasteiger partial charge in [0.2, 0.25) is 10.0 Å². The van der Waals surface area contributed by atoms with Crippen LogP contribution in [0.3, 0.4) is 0 Å². The lowest BCUT2D eigenvalue weighted by atomic mass is 9.78. The number of halogens is 2. The van der Waals surface area contributed by atoms with Crippen molar-refractivity contribution in [3.05, 3.63) is 65.2 Å². The fraction of sp³-hybridized carbons (Fsp3) is 0.364. The Morgan fingerprint density at radius 2 is 1.68 bits per heavy atom. The van der Waals surface area contributed by atoms with E-state index in [2.05, 4.69) is 10.0 Å². The molecule has 0 saturated heterocycles. The number of benzene rings is 2. The maximum Gasteiger partial charge on any atom is 0.251 e. The van der Waals surface area contributed by atoms with Gasteiger partial charge in [-0.05, 0) is 49.2 Å². The Kier molecular flexibility index (Phi) is 7.03. The first-order valence-electron chi connectivity index (χ1n) is 9.98. The third-order valence-corrected chi connectivity index (χ3v) is 7.07. The lowest BCUT2D eigenvalue weighted by molar-refractivity contribution is 0.0942. The van der Waals surface area contributed by atoms with Gasteiger partial charge in [-0.2, -0.15) is 5.26 Å². The summed E-state index contributed by atoms with van der Waals surface area (Å²) in [5.41, 5.74) is -0.560. The second-order valence-electron chi connectivity index (χ2n) is 7.60. The predicted molar refractivity (Wildman–Crippen MR) is 111 cm³/mol. The minimum atomic E-state index is -3.77. The summed E-state index contributed by atoms with van der Waals surface area (Å²) in [4.78, 5) is 12.6. The third kappa shape index (κ3) is 5.09. The number of nitrogens with zero attached hydrogens (tertiary/aromatic N) is 1. The SMILES string of the molecule is N#CCCNS(=O)(=O)c1ccc(C(=O)NCC2(c3c(F)cccc3F)CCCC2)cc1. The summed E-state index contributed by atoms with van der Waals surface area (Å²) in [6.07, 6.45) is 2.81. The lowest BCUT2D eigenvalue weighted by Gasteiger charge is -2.30. The van der Waals surface area contributed by atoms with Crippen LogP contribution in [0.1, 0.15) is 48.0 Å². The molecular weight excluding hydrogens is 424 g/mol. The normalized spacial score (nSPS) is 15.4. The van der Waals surface area contributed by atoms with E-state index in [4.69, 9.17) is 5.26 Å². The lowest BCUT2D eigenvalue weighted by Crippen LogP contribution is -2.40. The largest absolute Gasteiger partial charge is 0.351 e. The standard InChI is InChI=1S/C22H23F2N3O3S/c23-18-5-3-6-19(24)20(18)22(11-1-2-12-22)15-26-21(28)16-7-9-17(10-8-16)31(29,30)27-14-4-13-25/h3,5-10,27H,1-2,4,11-12,14-15H2,(H,26,28). The molecule has 1 aliphatic carbocycles. The number of nitriles is 1. The van der Waals surface area contributed by atoms with Gasteiger partial charge in [-0.3, -0.25) is 4.79 Å².